The molecule has 0 saturated carbocycles. The number of nitrogens with one attached hydrogen (secondary N) is 1. The number of likely N-dealkylation sites (N-methyl/N-ethyl adjacent to an activating group) is 1. The molecule has 2 heteroatoms. The lowest BCUT2D eigenvalue weighted by molar-refractivity contribution is 0.0453. The van der Waals surface area contributed by atoms with Gasteiger partial charge in [-0.15, -0.1) is 0 Å². The van der Waals surface area contributed by atoms with E-state index in [1.54, 1.807) is 0 Å². The quantitative estimate of drug-likeness (QED) is 0.781. The molecule has 0 spiro atoms. The maximum atomic E-state index is 5.87. The Balaban J connectivity index is 2.54. The molecule has 0 radical (unpaired) electrons. The number of rotatable bonds is 7. The van der Waals surface area contributed by atoms with Crippen LogP contribution in [0.25, 0.3) is 0 Å². The molecule has 2 unspecified atom stereocenters. The van der Waals surface area contributed by atoms with Gasteiger partial charge in [0, 0.05) is 0 Å². The van der Waals surface area contributed by atoms with Gasteiger partial charge in [-0.05, 0) is 32.9 Å². The third-order valence-corrected chi connectivity index (χ3v) is 3.04. The molecule has 0 fully saturated rings. The second-order valence-electron chi connectivity index (χ2n) is 4.69. The largest absolute Gasteiger partial charge is 0.377 e. The Kier molecular flexibility index (Phi) is 6.23. The summed E-state index contributed by atoms with van der Waals surface area (Å²) in [5.74, 6) is 0. The van der Waals surface area contributed by atoms with Crippen LogP contribution < -0.4 is 5.32 Å². The van der Waals surface area contributed by atoms with E-state index in [1.165, 1.54) is 17.5 Å². The number of ether oxygens (including phenoxy) is 1. The Bertz CT molecular complexity index is 324. The lowest BCUT2D eigenvalue weighted by Gasteiger charge is -2.20. The van der Waals surface area contributed by atoms with Gasteiger partial charge < -0.3 is 10.1 Å². The highest BCUT2D eigenvalue weighted by atomic mass is 16.5. The number of hydrogen-bond donors (Lipinski definition) is 1. The van der Waals surface area contributed by atoms with Crippen molar-refractivity contribution in [1.29, 1.82) is 0 Å². The minimum atomic E-state index is 0.286. The van der Waals surface area contributed by atoms with Crippen molar-refractivity contribution in [2.45, 2.75) is 45.8 Å². The van der Waals surface area contributed by atoms with E-state index in [4.69, 9.17) is 4.74 Å². The molecule has 1 N–H and O–H groups in total. The van der Waals surface area contributed by atoms with Crippen molar-refractivity contribution in [3.05, 3.63) is 35.4 Å². The summed E-state index contributed by atoms with van der Waals surface area (Å²) in [7, 11) is 1.99. The Morgan fingerprint density at radius 2 is 2.12 bits per heavy atom. The summed E-state index contributed by atoms with van der Waals surface area (Å²) in [4.78, 5) is 0. The monoisotopic (exact) mass is 235 g/mol. The molecule has 0 aliphatic carbocycles. The van der Waals surface area contributed by atoms with E-state index in [0.717, 1.165) is 13.0 Å². The van der Waals surface area contributed by atoms with Gasteiger partial charge in [0.25, 0.3) is 0 Å². The zero-order chi connectivity index (χ0) is 12.7. The molecule has 0 saturated heterocycles. The summed E-state index contributed by atoms with van der Waals surface area (Å²) in [5, 5.41) is 3.32. The van der Waals surface area contributed by atoms with Crippen LogP contribution in [0, 0.1) is 6.92 Å². The molecule has 1 aromatic rings. The van der Waals surface area contributed by atoms with Gasteiger partial charge in [-0.1, -0.05) is 43.2 Å². The Morgan fingerprint density at radius 3 is 2.71 bits per heavy atom. The van der Waals surface area contributed by atoms with Crippen molar-refractivity contribution in [3.8, 4) is 0 Å². The van der Waals surface area contributed by atoms with Crippen LogP contribution in [0.1, 0.15) is 43.9 Å². The molecule has 2 nitrogen and oxygen atoms in total. The number of benzene rings is 1. The van der Waals surface area contributed by atoms with Crippen molar-refractivity contribution in [3.63, 3.8) is 0 Å². The number of aryl methyl sites for hydroxylation is 1. The van der Waals surface area contributed by atoms with E-state index < -0.39 is 0 Å². The van der Waals surface area contributed by atoms with Crippen molar-refractivity contribution in [1.82, 2.24) is 5.32 Å². The van der Waals surface area contributed by atoms with Crippen molar-refractivity contribution >= 4 is 0 Å². The van der Waals surface area contributed by atoms with E-state index >= 15 is 0 Å². The highest BCUT2D eigenvalue weighted by molar-refractivity contribution is 5.25. The molecule has 1 rings (SSSR count). The van der Waals surface area contributed by atoms with Crippen LogP contribution in [-0.4, -0.2) is 19.8 Å². The van der Waals surface area contributed by atoms with Crippen molar-refractivity contribution in [2.75, 3.05) is 13.7 Å². The summed E-state index contributed by atoms with van der Waals surface area (Å²) in [5.41, 5.74) is 2.60. The summed E-state index contributed by atoms with van der Waals surface area (Å²) in [6.07, 6.45) is 2.65. The Hall–Kier alpha value is -0.860. The topological polar surface area (TPSA) is 21.3 Å². The fourth-order valence-corrected chi connectivity index (χ4v) is 1.98. The normalized spacial score (nSPS) is 14.6. The average Bonchev–Trinajstić information content (AvgIpc) is 2.30. The van der Waals surface area contributed by atoms with Crippen LogP contribution >= 0.6 is 0 Å². The van der Waals surface area contributed by atoms with Gasteiger partial charge in [-0.3, -0.25) is 0 Å². The van der Waals surface area contributed by atoms with Gasteiger partial charge in [0.05, 0.1) is 18.8 Å². The van der Waals surface area contributed by atoms with Crippen LogP contribution in [0.5, 0.6) is 0 Å². The van der Waals surface area contributed by atoms with Crippen LogP contribution in [0.2, 0.25) is 0 Å². The zero-order valence-electron chi connectivity index (χ0n) is 11.5. The van der Waals surface area contributed by atoms with Crippen LogP contribution in [0.3, 0.4) is 0 Å². The van der Waals surface area contributed by atoms with Gasteiger partial charge in [-0.25, -0.2) is 0 Å². The Labute approximate surface area is 105 Å². The summed E-state index contributed by atoms with van der Waals surface area (Å²) in [6, 6.07) is 8.88. The minimum absolute atomic E-state index is 0.286. The van der Waals surface area contributed by atoms with Crippen LogP contribution in [0.15, 0.2) is 24.3 Å². The van der Waals surface area contributed by atoms with Crippen molar-refractivity contribution < 1.29 is 4.74 Å². The first-order valence-electron chi connectivity index (χ1n) is 6.52. The number of hydrogen-bond acceptors (Lipinski definition) is 2. The van der Waals surface area contributed by atoms with E-state index in [1.807, 2.05) is 7.05 Å². The third kappa shape index (κ3) is 4.88. The predicted octanol–water partition coefficient (Wildman–Crippen LogP) is 3.46. The highest BCUT2D eigenvalue weighted by Gasteiger charge is 2.11. The zero-order valence-corrected chi connectivity index (χ0v) is 11.5. The standard InChI is InChI=1S/C15H25NO/c1-5-7-13(3)17-11-15(16-4)14-9-6-8-12(2)10-14/h6,8-10,13,15-16H,5,7,11H2,1-4H3. The molecule has 2 atom stereocenters. The molecule has 0 heterocycles. The molecule has 17 heavy (non-hydrogen) atoms. The predicted molar refractivity (Wildman–Crippen MR) is 73.3 cm³/mol. The van der Waals surface area contributed by atoms with Gasteiger partial charge in [0.1, 0.15) is 0 Å². The van der Waals surface area contributed by atoms with E-state index in [2.05, 4.69) is 50.4 Å². The molecule has 1 aromatic carbocycles. The maximum Gasteiger partial charge on any atom is 0.0665 e. The minimum Gasteiger partial charge on any atom is -0.377 e. The van der Waals surface area contributed by atoms with Crippen molar-refractivity contribution in [2.24, 2.45) is 0 Å². The maximum absolute atomic E-state index is 5.87. The first kappa shape index (κ1) is 14.2. The van der Waals surface area contributed by atoms with Gasteiger partial charge in [-0.2, -0.15) is 0 Å². The van der Waals surface area contributed by atoms with E-state index in [0.29, 0.717) is 6.10 Å². The van der Waals surface area contributed by atoms with E-state index in [9.17, 15) is 0 Å². The van der Waals surface area contributed by atoms with Gasteiger partial charge in [0.15, 0.2) is 0 Å². The molecule has 96 valence electrons. The fourth-order valence-electron chi connectivity index (χ4n) is 1.98. The molecule has 0 bridgehead atoms. The molecule has 0 amide bonds. The fraction of sp³-hybridized carbons (Fsp3) is 0.600. The second kappa shape index (κ2) is 7.46. The first-order chi connectivity index (χ1) is 8.17. The van der Waals surface area contributed by atoms with Crippen LogP contribution in [0.4, 0.5) is 0 Å². The summed E-state index contributed by atoms with van der Waals surface area (Å²) < 4.78 is 5.87. The Morgan fingerprint density at radius 1 is 1.35 bits per heavy atom. The van der Waals surface area contributed by atoms with Crippen LogP contribution in [-0.2, 0) is 4.74 Å². The summed E-state index contributed by atoms with van der Waals surface area (Å²) >= 11 is 0. The molecule has 0 aliphatic heterocycles. The highest BCUT2D eigenvalue weighted by Crippen LogP contribution is 2.15. The first-order valence-corrected chi connectivity index (χ1v) is 6.52. The SMILES string of the molecule is CCCC(C)OCC(NC)c1cccc(C)c1. The second-order valence-corrected chi connectivity index (χ2v) is 4.69. The van der Waals surface area contributed by atoms with Gasteiger partial charge >= 0.3 is 0 Å². The molecular weight excluding hydrogens is 210 g/mol. The lowest BCUT2D eigenvalue weighted by Crippen LogP contribution is -2.24. The summed E-state index contributed by atoms with van der Waals surface area (Å²) in [6.45, 7) is 7.19. The van der Waals surface area contributed by atoms with E-state index in [-0.39, 0.29) is 6.04 Å². The third-order valence-electron chi connectivity index (χ3n) is 3.04. The average molecular weight is 235 g/mol. The smallest absolute Gasteiger partial charge is 0.0665 e. The molecular formula is C15H25NO. The molecule has 0 aliphatic rings. The lowest BCUT2D eigenvalue weighted by atomic mass is 10.1. The molecule has 0 aromatic heterocycles. The van der Waals surface area contributed by atoms with Gasteiger partial charge in [0.2, 0.25) is 0 Å².